The zero-order valence-electron chi connectivity index (χ0n) is 17.7. The van der Waals surface area contributed by atoms with Crippen LogP contribution in [0.1, 0.15) is 50.5 Å². The Bertz CT molecular complexity index is 753. The van der Waals surface area contributed by atoms with Crippen molar-refractivity contribution in [3.05, 3.63) is 23.3 Å². The molecule has 0 N–H and O–H groups in total. The monoisotopic (exact) mass is 398 g/mol. The number of benzene rings is 1. The zero-order chi connectivity index (χ0) is 19.6. The van der Waals surface area contributed by atoms with Crippen LogP contribution in [0.3, 0.4) is 0 Å². The summed E-state index contributed by atoms with van der Waals surface area (Å²) in [5.41, 5.74) is 4.28. The van der Waals surface area contributed by atoms with Crippen LogP contribution in [0.15, 0.2) is 17.7 Å². The van der Waals surface area contributed by atoms with Gasteiger partial charge in [0.25, 0.3) is 0 Å². The minimum atomic E-state index is 0.603. The van der Waals surface area contributed by atoms with Crippen LogP contribution in [-0.2, 0) is 4.74 Å². The van der Waals surface area contributed by atoms with Gasteiger partial charge in [0.15, 0.2) is 11.5 Å². The first-order chi connectivity index (χ1) is 14.3. The molecule has 1 aromatic rings. The molecule has 2 heterocycles. The molecule has 2 aliphatic heterocycles. The van der Waals surface area contributed by atoms with E-state index < -0.39 is 0 Å². The number of morpholine rings is 1. The van der Waals surface area contributed by atoms with Gasteiger partial charge in [0.1, 0.15) is 0 Å². The van der Waals surface area contributed by atoms with Gasteiger partial charge in [0.2, 0.25) is 0 Å². The van der Waals surface area contributed by atoms with E-state index >= 15 is 0 Å². The average Bonchev–Trinajstić information content (AvgIpc) is 3.60. The summed E-state index contributed by atoms with van der Waals surface area (Å²) >= 11 is 0. The van der Waals surface area contributed by atoms with Crippen molar-refractivity contribution < 1.29 is 14.2 Å². The van der Waals surface area contributed by atoms with Crippen LogP contribution in [0.2, 0.25) is 0 Å². The molecule has 1 aromatic carbocycles. The molecule has 0 spiro atoms. The Balaban J connectivity index is 1.32. The van der Waals surface area contributed by atoms with E-state index in [1.807, 2.05) is 0 Å². The molecule has 5 heteroatoms. The fourth-order valence-electron chi connectivity index (χ4n) is 5.15. The summed E-state index contributed by atoms with van der Waals surface area (Å²) in [6, 6.07) is 5.76. The lowest BCUT2D eigenvalue weighted by Crippen LogP contribution is -2.42. The molecular weight excluding hydrogens is 364 g/mol. The van der Waals surface area contributed by atoms with Crippen molar-refractivity contribution in [1.29, 1.82) is 0 Å². The lowest BCUT2D eigenvalue weighted by atomic mass is 9.84. The SMILES string of the molecule is COc1cc2c(cc1OCCCN1CCOCC1)N(C1CC1)C1CCCCC1=C2. The van der Waals surface area contributed by atoms with Gasteiger partial charge in [-0.3, -0.25) is 4.90 Å². The molecule has 0 amide bonds. The molecule has 1 unspecified atom stereocenters. The number of fused-ring (bicyclic) bond motifs is 2. The molecule has 1 atom stereocenters. The average molecular weight is 399 g/mol. The second-order valence-corrected chi connectivity index (χ2v) is 8.84. The molecule has 5 rings (SSSR count). The van der Waals surface area contributed by atoms with Gasteiger partial charge in [0, 0.05) is 43.0 Å². The van der Waals surface area contributed by atoms with E-state index in [0.29, 0.717) is 12.1 Å². The van der Waals surface area contributed by atoms with E-state index in [4.69, 9.17) is 14.2 Å². The van der Waals surface area contributed by atoms with E-state index in [0.717, 1.165) is 57.4 Å². The minimum Gasteiger partial charge on any atom is -0.493 e. The van der Waals surface area contributed by atoms with Crippen molar-refractivity contribution in [3.63, 3.8) is 0 Å². The number of hydrogen-bond donors (Lipinski definition) is 0. The van der Waals surface area contributed by atoms with E-state index in [9.17, 15) is 0 Å². The third-order valence-corrected chi connectivity index (χ3v) is 6.81. The number of rotatable bonds is 7. The first-order valence-electron chi connectivity index (χ1n) is 11.5. The number of nitrogens with zero attached hydrogens (tertiary/aromatic N) is 2. The Hall–Kier alpha value is -1.72. The standard InChI is InChI=1S/C24H34N2O3/c1-27-23-16-19-15-18-5-2-3-6-21(18)26(20-7-8-20)22(19)17-24(23)29-12-4-9-25-10-13-28-14-11-25/h15-17,20-21H,2-14H2,1H3. The first kappa shape index (κ1) is 19.3. The summed E-state index contributed by atoms with van der Waals surface area (Å²) < 4.78 is 17.4. The highest BCUT2D eigenvalue weighted by Gasteiger charge is 2.39. The number of ether oxygens (including phenoxy) is 3. The van der Waals surface area contributed by atoms with Crippen molar-refractivity contribution in [1.82, 2.24) is 4.90 Å². The fraction of sp³-hybridized carbons (Fsp3) is 0.667. The van der Waals surface area contributed by atoms with Gasteiger partial charge in [-0.05, 0) is 50.2 Å². The summed E-state index contributed by atoms with van der Waals surface area (Å²) in [5.74, 6) is 1.75. The number of anilines is 1. The molecule has 0 bridgehead atoms. The van der Waals surface area contributed by atoms with Crippen molar-refractivity contribution >= 4 is 11.8 Å². The maximum atomic E-state index is 6.24. The van der Waals surface area contributed by atoms with Crippen molar-refractivity contribution in [2.24, 2.45) is 0 Å². The Morgan fingerprint density at radius 1 is 1.07 bits per heavy atom. The van der Waals surface area contributed by atoms with Crippen molar-refractivity contribution in [3.8, 4) is 11.5 Å². The van der Waals surface area contributed by atoms with E-state index in [2.05, 4.69) is 28.0 Å². The molecule has 158 valence electrons. The Morgan fingerprint density at radius 3 is 2.72 bits per heavy atom. The predicted molar refractivity (Wildman–Crippen MR) is 116 cm³/mol. The highest BCUT2D eigenvalue weighted by atomic mass is 16.5. The molecular formula is C24H34N2O3. The van der Waals surface area contributed by atoms with E-state index in [1.54, 1.807) is 12.7 Å². The van der Waals surface area contributed by atoms with Crippen LogP contribution in [0.4, 0.5) is 5.69 Å². The van der Waals surface area contributed by atoms with Crippen LogP contribution < -0.4 is 14.4 Å². The summed E-state index contributed by atoms with van der Waals surface area (Å²) in [6.07, 6.45) is 11.3. The molecule has 2 aliphatic carbocycles. The quantitative estimate of drug-likeness (QED) is 0.646. The minimum absolute atomic E-state index is 0.603. The molecule has 4 aliphatic rings. The van der Waals surface area contributed by atoms with Crippen LogP contribution in [-0.4, -0.2) is 63.5 Å². The first-order valence-corrected chi connectivity index (χ1v) is 11.5. The molecule has 0 radical (unpaired) electrons. The lowest BCUT2D eigenvalue weighted by molar-refractivity contribution is 0.0357. The maximum Gasteiger partial charge on any atom is 0.163 e. The second kappa shape index (κ2) is 8.57. The van der Waals surface area contributed by atoms with Gasteiger partial charge >= 0.3 is 0 Å². The summed E-state index contributed by atoms with van der Waals surface area (Å²) in [4.78, 5) is 5.17. The highest BCUT2D eigenvalue weighted by Crippen LogP contribution is 2.48. The van der Waals surface area contributed by atoms with Crippen LogP contribution >= 0.6 is 0 Å². The van der Waals surface area contributed by atoms with E-state index in [1.165, 1.54) is 49.8 Å². The summed E-state index contributed by atoms with van der Waals surface area (Å²) in [5, 5.41) is 0. The van der Waals surface area contributed by atoms with Gasteiger partial charge in [-0.1, -0.05) is 12.5 Å². The van der Waals surface area contributed by atoms with Crippen LogP contribution in [0.5, 0.6) is 11.5 Å². The Kier molecular flexibility index (Phi) is 5.69. The fourth-order valence-corrected chi connectivity index (χ4v) is 5.15. The zero-order valence-corrected chi connectivity index (χ0v) is 17.7. The van der Waals surface area contributed by atoms with Gasteiger partial charge in [-0.15, -0.1) is 0 Å². The molecule has 0 aromatic heterocycles. The van der Waals surface area contributed by atoms with Crippen molar-refractivity contribution in [2.45, 2.75) is 57.0 Å². The largest absolute Gasteiger partial charge is 0.493 e. The van der Waals surface area contributed by atoms with Gasteiger partial charge in [-0.2, -0.15) is 0 Å². The third-order valence-electron chi connectivity index (χ3n) is 6.81. The van der Waals surface area contributed by atoms with Gasteiger partial charge in [0.05, 0.1) is 33.0 Å². The van der Waals surface area contributed by atoms with Crippen molar-refractivity contribution in [2.75, 3.05) is 51.5 Å². The maximum absolute atomic E-state index is 6.24. The number of hydrogen-bond acceptors (Lipinski definition) is 5. The smallest absolute Gasteiger partial charge is 0.163 e. The summed E-state index contributed by atoms with van der Waals surface area (Å²) in [7, 11) is 1.75. The van der Waals surface area contributed by atoms with E-state index in [-0.39, 0.29) is 0 Å². The van der Waals surface area contributed by atoms with Crippen LogP contribution in [0, 0.1) is 0 Å². The topological polar surface area (TPSA) is 34.2 Å². The molecule has 2 saturated carbocycles. The Labute approximate surface area is 174 Å². The molecule has 5 nitrogen and oxygen atoms in total. The third kappa shape index (κ3) is 4.13. The lowest BCUT2D eigenvalue weighted by Gasteiger charge is -2.42. The van der Waals surface area contributed by atoms with Gasteiger partial charge in [-0.25, -0.2) is 0 Å². The molecule has 29 heavy (non-hydrogen) atoms. The van der Waals surface area contributed by atoms with Crippen LogP contribution in [0.25, 0.3) is 6.08 Å². The number of methoxy groups -OCH3 is 1. The predicted octanol–water partition coefficient (Wildman–Crippen LogP) is 4.10. The summed E-state index contributed by atoms with van der Waals surface area (Å²) in [6.45, 7) is 5.57. The highest BCUT2D eigenvalue weighted by molar-refractivity contribution is 5.78. The normalized spacial score (nSPS) is 24.5. The second-order valence-electron chi connectivity index (χ2n) is 8.84. The van der Waals surface area contributed by atoms with Gasteiger partial charge < -0.3 is 19.1 Å². The molecule has 1 saturated heterocycles. The molecule has 3 fully saturated rings. The Morgan fingerprint density at radius 2 is 1.93 bits per heavy atom.